The van der Waals surface area contributed by atoms with Gasteiger partial charge in [-0.25, -0.2) is 9.37 Å². The standard InChI is InChI=1S/C19H21FN6O2S2/c1-11-12(2)30-18(22-11)23-16(27)10-29-19-25-24-15(26(19)3)8-9-21-17(28)13-6-4-5-7-14(13)20/h4-7H,8-10H2,1-3H3,(H,21,28)(H,22,23,27). The van der Waals surface area contributed by atoms with Crippen LogP contribution in [0.25, 0.3) is 0 Å². The number of aryl methyl sites for hydroxylation is 2. The number of aromatic nitrogens is 4. The maximum absolute atomic E-state index is 13.6. The summed E-state index contributed by atoms with van der Waals surface area (Å²) in [6, 6.07) is 5.82. The van der Waals surface area contributed by atoms with Gasteiger partial charge < -0.3 is 15.2 Å². The first kappa shape index (κ1) is 21.9. The van der Waals surface area contributed by atoms with Crippen LogP contribution in [0.5, 0.6) is 0 Å². The monoisotopic (exact) mass is 448 g/mol. The number of halogens is 1. The van der Waals surface area contributed by atoms with Crippen molar-refractivity contribution in [2.75, 3.05) is 17.6 Å². The third-order valence-corrected chi connectivity index (χ3v) is 6.29. The summed E-state index contributed by atoms with van der Waals surface area (Å²) in [5.74, 6) is -0.385. The molecule has 0 saturated heterocycles. The topological polar surface area (TPSA) is 102 Å². The summed E-state index contributed by atoms with van der Waals surface area (Å²) in [5.41, 5.74) is 0.909. The molecule has 0 spiro atoms. The minimum Gasteiger partial charge on any atom is -0.351 e. The number of amides is 2. The molecule has 0 radical (unpaired) electrons. The Bertz CT molecular complexity index is 1050. The van der Waals surface area contributed by atoms with Gasteiger partial charge in [-0.15, -0.1) is 21.5 Å². The number of thioether (sulfide) groups is 1. The van der Waals surface area contributed by atoms with Crippen LogP contribution in [0.1, 0.15) is 26.8 Å². The minimum atomic E-state index is -0.561. The first-order valence-corrected chi connectivity index (χ1v) is 10.9. The number of carbonyl (C=O) groups is 2. The van der Waals surface area contributed by atoms with Crippen LogP contribution in [0, 0.1) is 19.7 Å². The van der Waals surface area contributed by atoms with Crippen molar-refractivity contribution in [2.45, 2.75) is 25.4 Å². The van der Waals surface area contributed by atoms with Crippen LogP contribution in [0.15, 0.2) is 29.4 Å². The predicted molar refractivity (Wildman–Crippen MR) is 114 cm³/mol. The van der Waals surface area contributed by atoms with Gasteiger partial charge in [-0.1, -0.05) is 23.9 Å². The molecular formula is C19H21FN6O2S2. The number of hydrogen-bond donors (Lipinski definition) is 2. The molecule has 1 aromatic carbocycles. The van der Waals surface area contributed by atoms with Gasteiger partial charge in [0.1, 0.15) is 11.6 Å². The van der Waals surface area contributed by atoms with E-state index in [0.29, 0.717) is 22.5 Å². The van der Waals surface area contributed by atoms with Crippen LogP contribution in [0.2, 0.25) is 0 Å². The van der Waals surface area contributed by atoms with Crippen LogP contribution in [0.3, 0.4) is 0 Å². The summed E-state index contributed by atoms with van der Waals surface area (Å²) in [4.78, 5) is 29.5. The van der Waals surface area contributed by atoms with Gasteiger partial charge in [-0.05, 0) is 26.0 Å². The van der Waals surface area contributed by atoms with Crippen molar-refractivity contribution < 1.29 is 14.0 Å². The molecule has 2 aromatic heterocycles. The highest BCUT2D eigenvalue weighted by Gasteiger charge is 2.14. The Morgan fingerprint density at radius 3 is 2.70 bits per heavy atom. The average molecular weight is 449 g/mol. The number of anilines is 1. The number of nitrogens with one attached hydrogen (secondary N) is 2. The van der Waals surface area contributed by atoms with E-state index in [0.717, 1.165) is 10.6 Å². The Morgan fingerprint density at radius 2 is 2.00 bits per heavy atom. The Hall–Kier alpha value is -2.79. The molecule has 30 heavy (non-hydrogen) atoms. The molecule has 0 bridgehead atoms. The Balaban J connectivity index is 1.47. The van der Waals surface area contributed by atoms with Gasteiger partial charge in [0.2, 0.25) is 5.91 Å². The van der Waals surface area contributed by atoms with Crippen LogP contribution in [0.4, 0.5) is 9.52 Å². The Labute approximate surface area is 181 Å². The summed E-state index contributed by atoms with van der Waals surface area (Å²) in [5, 5.41) is 14.8. The quantitative estimate of drug-likeness (QED) is 0.514. The summed E-state index contributed by atoms with van der Waals surface area (Å²) in [6.07, 6.45) is 0.425. The molecule has 0 saturated carbocycles. The zero-order valence-corrected chi connectivity index (χ0v) is 18.4. The van der Waals surface area contributed by atoms with Crippen LogP contribution in [-0.2, 0) is 18.3 Å². The smallest absolute Gasteiger partial charge is 0.254 e. The van der Waals surface area contributed by atoms with E-state index in [1.54, 1.807) is 17.7 Å². The van der Waals surface area contributed by atoms with E-state index in [9.17, 15) is 14.0 Å². The molecule has 0 aliphatic rings. The van der Waals surface area contributed by atoms with E-state index < -0.39 is 11.7 Å². The molecule has 3 rings (SSSR count). The molecule has 0 unspecified atom stereocenters. The molecule has 0 aliphatic carbocycles. The number of carbonyl (C=O) groups excluding carboxylic acids is 2. The van der Waals surface area contributed by atoms with Crippen molar-refractivity contribution in [1.29, 1.82) is 0 Å². The molecule has 8 nitrogen and oxygen atoms in total. The third kappa shape index (κ3) is 5.42. The molecule has 158 valence electrons. The van der Waals surface area contributed by atoms with E-state index >= 15 is 0 Å². The summed E-state index contributed by atoms with van der Waals surface area (Å²) < 4.78 is 15.4. The van der Waals surface area contributed by atoms with E-state index in [1.807, 2.05) is 13.8 Å². The second kappa shape index (κ2) is 9.81. The first-order valence-electron chi connectivity index (χ1n) is 9.13. The van der Waals surface area contributed by atoms with Crippen LogP contribution >= 0.6 is 23.1 Å². The summed E-state index contributed by atoms with van der Waals surface area (Å²) >= 11 is 2.70. The van der Waals surface area contributed by atoms with Crippen molar-refractivity contribution in [3.05, 3.63) is 52.0 Å². The summed E-state index contributed by atoms with van der Waals surface area (Å²) in [7, 11) is 1.79. The van der Waals surface area contributed by atoms with Gasteiger partial charge in [0.15, 0.2) is 10.3 Å². The molecule has 3 aromatic rings. The van der Waals surface area contributed by atoms with Crippen molar-refractivity contribution in [3.63, 3.8) is 0 Å². The highest BCUT2D eigenvalue weighted by Crippen LogP contribution is 2.22. The molecular weight excluding hydrogens is 427 g/mol. The number of thiazole rings is 1. The molecule has 2 amide bonds. The molecule has 2 N–H and O–H groups in total. The van der Waals surface area contributed by atoms with Gasteiger partial charge in [-0.2, -0.15) is 0 Å². The van der Waals surface area contributed by atoms with E-state index in [-0.39, 0.29) is 23.8 Å². The highest BCUT2D eigenvalue weighted by atomic mass is 32.2. The largest absolute Gasteiger partial charge is 0.351 e. The van der Waals surface area contributed by atoms with Crippen LogP contribution < -0.4 is 10.6 Å². The fraction of sp³-hybridized carbons (Fsp3) is 0.316. The van der Waals surface area contributed by atoms with E-state index in [4.69, 9.17) is 0 Å². The lowest BCUT2D eigenvalue weighted by Crippen LogP contribution is -2.27. The molecule has 0 aliphatic heterocycles. The predicted octanol–water partition coefficient (Wildman–Crippen LogP) is 2.73. The van der Waals surface area contributed by atoms with Gasteiger partial charge in [0.05, 0.1) is 17.0 Å². The van der Waals surface area contributed by atoms with Crippen molar-refractivity contribution in [3.8, 4) is 0 Å². The Kier molecular flexibility index (Phi) is 7.16. The lowest BCUT2D eigenvalue weighted by atomic mass is 10.2. The molecule has 0 atom stereocenters. The first-order chi connectivity index (χ1) is 14.3. The highest BCUT2D eigenvalue weighted by molar-refractivity contribution is 7.99. The van der Waals surface area contributed by atoms with Gasteiger partial charge in [-0.3, -0.25) is 9.59 Å². The lowest BCUT2D eigenvalue weighted by Gasteiger charge is -2.06. The molecule has 2 heterocycles. The maximum Gasteiger partial charge on any atom is 0.254 e. The summed E-state index contributed by atoms with van der Waals surface area (Å²) in [6.45, 7) is 4.14. The second-order valence-electron chi connectivity index (χ2n) is 6.44. The fourth-order valence-electron chi connectivity index (χ4n) is 2.53. The van der Waals surface area contributed by atoms with E-state index in [1.165, 1.54) is 41.3 Å². The van der Waals surface area contributed by atoms with Gasteiger partial charge in [0.25, 0.3) is 5.91 Å². The van der Waals surface area contributed by atoms with Gasteiger partial charge >= 0.3 is 0 Å². The normalized spacial score (nSPS) is 10.8. The maximum atomic E-state index is 13.6. The van der Waals surface area contributed by atoms with Crippen LogP contribution in [-0.4, -0.2) is 43.9 Å². The number of nitrogens with zero attached hydrogens (tertiary/aromatic N) is 4. The van der Waals surface area contributed by atoms with Crippen molar-refractivity contribution >= 4 is 40.0 Å². The third-order valence-electron chi connectivity index (χ3n) is 4.28. The number of rotatable bonds is 8. The Morgan fingerprint density at radius 1 is 1.23 bits per heavy atom. The van der Waals surface area contributed by atoms with Gasteiger partial charge in [0, 0.05) is 24.9 Å². The minimum absolute atomic E-state index is 0.00309. The fourth-order valence-corrected chi connectivity index (χ4v) is 4.09. The van der Waals surface area contributed by atoms with Crippen molar-refractivity contribution in [1.82, 2.24) is 25.1 Å². The molecule has 11 heteroatoms. The SMILES string of the molecule is Cc1nc(NC(=O)CSc2nnc(CCNC(=O)c3ccccc3F)n2C)sc1C. The number of hydrogen-bond acceptors (Lipinski definition) is 7. The molecule has 0 fully saturated rings. The zero-order chi connectivity index (χ0) is 21.7. The second-order valence-corrected chi connectivity index (χ2v) is 8.59. The number of benzene rings is 1. The van der Waals surface area contributed by atoms with E-state index in [2.05, 4.69) is 25.8 Å². The lowest BCUT2D eigenvalue weighted by molar-refractivity contribution is -0.113. The van der Waals surface area contributed by atoms with Crippen molar-refractivity contribution in [2.24, 2.45) is 7.05 Å². The zero-order valence-electron chi connectivity index (χ0n) is 16.7. The average Bonchev–Trinajstić information content (AvgIpc) is 3.21.